The Balaban J connectivity index is 1.75. The number of nitrogens with zero attached hydrogens (tertiary/aromatic N) is 1. The van der Waals surface area contributed by atoms with Gasteiger partial charge in [-0.25, -0.2) is 14.0 Å². The van der Waals surface area contributed by atoms with Crippen LogP contribution in [-0.4, -0.2) is 58.5 Å². The van der Waals surface area contributed by atoms with Crippen LogP contribution < -0.4 is 9.61 Å². The van der Waals surface area contributed by atoms with Gasteiger partial charge in [0.2, 0.25) is 5.91 Å². The number of aliphatic hydroxyl groups is 1. The quantitative estimate of drug-likeness (QED) is 0.406. The lowest BCUT2D eigenvalue weighted by Gasteiger charge is -2.32. The minimum Gasteiger partial charge on any atom is -0.413 e. The molecule has 33 heavy (non-hydrogen) atoms. The number of para-hydroxylation sites is 1. The van der Waals surface area contributed by atoms with Crippen molar-refractivity contribution in [3.63, 3.8) is 0 Å². The average Bonchev–Trinajstić information content (AvgIpc) is 2.96. The maximum Gasteiger partial charge on any atom is 0.459 e. The van der Waals surface area contributed by atoms with E-state index in [1.54, 1.807) is 30.3 Å². The van der Waals surface area contributed by atoms with Gasteiger partial charge in [0, 0.05) is 12.2 Å². The summed E-state index contributed by atoms with van der Waals surface area (Å²) >= 11 is 0. The number of rotatable bonds is 9. The molecule has 1 unspecified atom stereocenters. The number of carbonyl (C=O) groups is 2. The van der Waals surface area contributed by atoms with Crippen LogP contribution in [-0.2, 0) is 23.4 Å². The highest BCUT2D eigenvalue weighted by molar-refractivity contribution is 7.52. The molecule has 1 amide bonds. The zero-order valence-corrected chi connectivity index (χ0v) is 19.9. The number of hydrogen-bond acceptors (Lipinski definition) is 7. The second-order valence-corrected chi connectivity index (χ2v) is 10.4. The third-order valence-electron chi connectivity index (χ3n) is 5.74. The predicted molar refractivity (Wildman–Crippen MR) is 118 cm³/mol. The summed E-state index contributed by atoms with van der Waals surface area (Å²) in [5.41, 5.74) is -2.36. The number of allylic oxidation sites excluding steroid dienone is 1. The molecule has 1 saturated heterocycles. The SMILES string of the molecule is CC(C)C(C)N[P@](=O)(OC[C@H]1O[C@@H](N2C=CC(=O)CC2=O)[C@](C)(F)[C@@H]1O)Oc1ccccc1. The normalized spacial score (nSPS) is 30.5. The summed E-state index contributed by atoms with van der Waals surface area (Å²) in [7, 11) is -3.95. The molecule has 0 spiro atoms. The summed E-state index contributed by atoms with van der Waals surface area (Å²) in [6.45, 7) is 6.31. The van der Waals surface area contributed by atoms with E-state index in [9.17, 15) is 19.3 Å². The first kappa shape index (κ1) is 25.5. The molecule has 1 fully saturated rings. The number of ketones is 1. The summed E-state index contributed by atoms with van der Waals surface area (Å²) in [4.78, 5) is 24.6. The van der Waals surface area contributed by atoms with Gasteiger partial charge in [-0.1, -0.05) is 32.0 Å². The fraction of sp³-hybridized carbons (Fsp3) is 0.545. The molecule has 2 aliphatic rings. The van der Waals surface area contributed by atoms with Crippen molar-refractivity contribution < 1.29 is 37.4 Å². The number of ether oxygens (including phenoxy) is 1. The lowest BCUT2D eigenvalue weighted by atomic mass is 9.97. The van der Waals surface area contributed by atoms with E-state index in [-0.39, 0.29) is 12.0 Å². The Bertz CT molecular complexity index is 940. The Morgan fingerprint density at radius 2 is 1.97 bits per heavy atom. The van der Waals surface area contributed by atoms with E-state index in [1.165, 1.54) is 0 Å². The fourth-order valence-electron chi connectivity index (χ4n) is 3.39. The number of halogens is 1. The second-order valence-electron chi connectivity index (χ2n) is 8.74. The van der Waals surface area contributed by atoms with Gasteiger partial charge >= 0.3 is 7.75 Å². The van der Waals surface area contributed by atoms with Gasteiger partial charge in [-0.15, -0.1) is 0 Å². The smallest absolute Gasteiger partial charge is 0.413 e. The third kappa shape index (κ3) is 5.88. The molecule has 2 aliphatic heterocycles. The molecule has 182 valence electrons. The molecule has 0 saturated carbocycles. The number of amides is 1. The monoisotopic (exact) mass is 484 g/mol. The summed E-state index contributed by atoms with van der Waals surface area (Å²) < 4.78 is 45.7. The minimum absolute atomic E-state index is 0.104. The standard InChI is InChI=1S/C22H30FN2O7P/c1-14(2)15(3)24-33(29,32-17-8-6-5-7-9-17)30-13-18-20(28)22(4,23)21(31-18)25-11-10-16(26)12-19(25)27/h5-11,14-15,18,20-21,28H,12-13H2,1-4H3,(H,24,29)/t15?,18-,20-,21-,22-,33+/m1/s1. The lowest BCUT2D eigenvalue weighted by molar-refractivity contribution is -0.150. The van der Waals surface area contributed by atoms with E-state index in [0.717, 1.165) is 24.1 Å². The van der Waals surface area contributed by atoms with Gasteiger partial charge in [0.25, 0.3) is 0 Å². The first-order valence-electron chi connectivity index (χ1n) is 10.7. The fourth-order valence-corrected chi connectivity index (χ4v) is 5.10. The molecule has 0 bridgehead atoms. The summed E-state index contributed by atoms with van der Waals surface area (Å²) in [6.07, 6.45) is -2.53. The van der Waals surface area contributed by atoms with Crippen LogP contribution in [0, 0.1) is 5.92 Å². The van der Waals surface area contributed by atoms with Crippen LogP contribution >= 0.6 is 7.75 Å². The van der Waals surface area contributed by atoms with Crippen LogP contribution in [0.5, 0.6) is 5.75 Å². The van der Waals surface area contributed by atoms with Crippen molar-refractivity contribution >= 4 is 19.4 Å². The first-order chi connectivity index (χ1) is 15.4. The Morgan fingerprint density at radius 1 is 1.30 bits per heavy atom. The van der Waals surface area contributed by atoms with Crippen LogP contribution in [0.4, 0.5) is 4.39 Å². The third-order valence-corrected chi connectivity index (χ3v) is 7.41. The van der Waals surface area contributed by atoms with Crippen LogP contribution in [0.15, 0.2) is 42.6 Å². The van der Waals surface area contributed by atoms with Gasteiger partial charge in [-0.05, 0) is 38.0 Å². The van der Waals surface area contributed by atoms with E-state index in [1.807, 2.05) is 20.8 Å². The van der Waals surface area contributed by atoms with Gasteiger partial charge < -0.3 is 14.4 Å². The first-order valence-corrected chi connectivity index (χ1v) is 12.3. The lowest BCUT2D eigenvalue weighted by Crippen LogP contribution is -2.51. The summed E-state index contributed by atoms with van der Waals surface area (Å²) in [6, 6.07) is 8.18. The Kier molecular flexibility index (Phi) is 7.76. The largest absolute Gasteiger partial charge is 0.459 e. The van der Waals surface area contributed by atoms with Crippen LogP contribution in [0.3, 0.4) is 0 Å². The van der Waals surface area contributed by atoms with E-state index in [2.05, 4.69) is 5.09 Å². The molecule has 0 radical (unpaired) electrons. The predicted octanol–water partition coefficient (Wildman–Crippen LogP) is 2.95. The molecule has 0 aromatic heterocycles. The molecule has 9 nitrogen and oxygen atoms in total. The van der Waals surface area contributed by atoms with Crippen molar-refractivity contribution in [3.05, 3.63) is 42.6 Å². The molecule has 3 rings (SSSR count). The highest BCUT2D eigenvalue weighted by atomic mass is 31.2. The number of nitrogens with one attached hydrogen (secondary N) is 1. The number of benzene rings is 1. The van der Waals surface area contributed by atoms with Crippen molar-refractivity contribution in [1.29, 1.82) is 0 Å². The van der Waals surface area contributed by atoms with E-state index < -0.39 is 56.6 Å². The van der Waals surface area contributed by atoms with Crippen molar-refractivity contribution in [3.8, 4) is 5.75 Å². The molecule has 0 aliphatic carbocycles. The minimum atomic E-state index is -3.95. The molecule has 1 aromatic rings. The average molecular weight is 484 g/mol. The van der Waals surface area contributed by atoms with Gasteiger partial charge in [0.05, 0.1) is 13.0 Å². The maximum absolute atomic E-state index is 15.4. The van der Waals surface area contributed by atoms with Crippen LogP contribution in [0.1, 0.15) is 34.1 Å². The van der Waals surface area contributed by atoms with Gasteiger partial charge in [0.15, 0.2) is 17.7 Å². The van der Waals surface area contributed by atoms with Gasteiger partial charge in [-0.2, -0.15) is 0 Å². The van der Waals surface area contributed by atoms with E-state index in [0.29, 0.717) is 5.75 Å². The van der Waals surface area contributed by atoms with E-state index in [4.69, 9.17) is 13.8 Å². The summed E-state index contributed by atoms with van der Waals surface area (Å²) in [5, 5.41) is 13.4. The van der Waals surface area contributed by atoms with Crippen molar-refractivity contribution in [2.75, 3.05) is 6.61 Å². The maximum atomic E-state index is 15.4. The van der Waals surface area contributed by atoms with Gasteiger partial charge in [-0.3, -0.25) is 19.0 Å². The van der Waals surface area contributed by atoms with Crippen molar-refractivity contribution in [1.82, 2.24) is 9.99 Å². The Hall–Kier alpha value is -2.10. The number of aliphatic hydroxyl groups excluding tert-OH is 1. The molecule has 11 heteroatoms. The zero-order valence-electron chi connectivity index (χ0n) is 19.0. The number of alkyl halides is 1. The second kappa shape index (κ2) is 10.0. The highest BCUT2D eigenvalue weighted by Crippen LogP contribution is 2.47. The molecular formula is C22H30FN2O7P. The Morgan fingerprint density at radius 3 is 2.58 bits per heavy atom. The van der Waals surface area contributed by atoms with Crippen LogP contribution in [0.2, 0.25) is 0 Å². The van der Waals surface area contributed by atoms with Crippen LogP contribution in [0.25, 0.3) is 0 Å². The number of carbonyl (C=O) groups excluding carboxylic acids is 2. The summed E-state index contributed by atoms with van der Waals surface area (Å²) in [5.74, 6) is -0.637. The van der Waals surface area contributed by atoms with Crippen molar-refractivity contribution in [2.45, 2.75) is 64.3 Å². The molecular weight excluding hydrogens is 454 g/mol. The molecule has 2 N–H and O–H groups in total. The molecule has 2 heterocycles. The van der Waals surface area contributed by atoms with Crippen molar-refractivity contribution in [2.24, 2.45) is 5.92 Å². The zero-order chi connectivity index (χ0) is 24.4. The molecule has 1 aromatic carbocycles. The highest BCUT2D eigenvalue weighted by Gasteiger charge is 2.57. The van der Waals surface area contributed by atoms with Gasteiger partial charge in [0.1, 0.15) is 18.0 Å². The van der Waals surface area contributed by atoms with E-state index >= 15 is 4.39 Å². The topological polar surface area (TPSA) is 114 Å². The Labute approximate surface area is 192 Å². The number of hydrogen-bond donors (Lipinski definition) is 2. The molecule has 6 atom stereocenters.